The zero-order valence-corrected chi connectivity index (χ0v) is 12.0. The van der Waals surface area contributed by atoms with Crippen LogP contribution in [0.25, 0.3) is 5.69 Å². The van der Waals surface area contributed by atoms with Crippen molar-refractivity contribution in [1.29, 1.82) is 0 Å². The van der Waals surface area contributed by atoms with Crippen molar-refractivity contribution >= 4 is 5.91 Å². The highest BCUT2D eigenvalue weighted by molar-refractivity contribution is 5.72. The second-order valence-electron chi connectivity index (χ2n) is 5.01. The number of carbonyl (C=O) groups excluding carboxylic acids is 1. The number of aliphatic hydroxyl groups is 2. The van der Waals surface area contributed by atoms with Gasteiger partial charge in [0.15, 0.2) is 0 Å². The quantitative estimate of drug-likeness (QED) is 0.756. The first-order chi connectivity index (χ1) is 9.97. The van der Waals surface area contributed by atoms with Crippen LogP contribution in [-0.4, -0.2) is 38.5 Å². The minimum atomic E-state index is -1.10. The van der Waals surface area contributed by atoms with Crippen LogP contribution >= 0.6 is 0 Å². The van der Waals surface area contributed by atoms with E-state index in [0.29, 0.717) is 5.56 Å². The third kappa shape index (κ3) is 3.90. The molecule has 1 aromatic heterocycles. The number of hydrogen-bond donors (Lipinski definition) is 3. The topological polar surface area (TPSA) is 87.4 Å². The number of aromatic nitrogens is 2. The first-order valence-electron chi connectivity index (χ1n) is 6.69. The van der Waals surface area contributed by atoms with Crippen LogP contribution in [0.1, 0.15) is 24.2 Å². The fraction of sp³-hybridized carbons (Fsp3) is 0.333. The predicted molar refractivity (Wildman–Crippen MR) is 78.0 cm³/mol. The van der Waals surface area contributed by atoms with Crippen molar-refractivity contribution < 1.29 is 15.0 Å². The van der Waals surface area contributed by atoms with E-state index in [2.05, 4.69) is 10.4 Å². The molecule has 2 unspecified atom stereocenters. The van der Waals surface area contributed by atoms with E-state index in [0.717, 1.165) is 11.3 Å². The molecule has 2 aromatic rings. The van der Waals surface area contributed by atoms with Crippen molar-refractivity contribution in [1.82, 2.24) is 15.1 Å². The maximum atomic E-state index is 10.8. The molecule has 0 saturated carbocycles. The van der Waals surface area contributed by atoms with Gasteiger partial charge in [-0.2, -0.15) is 5.10 Å². The van der Waals surface area contributed by atoms with Gasteiger partial charge in [0.25, 0.3) is 0 Å². The van der Waals surface area contributed by atoms with Crippen LogP contribution in [0, 0.1) is 6.92 Å². The Labute approximate surface area is 123 Å². The van der Waals surface area contributed by atoms with Crippen LogP contribution in [0.2, 0.25) is 0 Å². The minimum Gasteiger partial charge on any atom is -0.388 e. The molecular formula is C15H19N3O3. The Morgan fingerprint density at radius 3 is 2.86 bits per heavy atom. The molecule has 0 aliphatic carbocycles. The fourth-order valence-corrected chi connectivity index (χ4v) is 1.98. The molecule has 0 aliphatic heterocycles. The molecule has 2 rings (SSSR count). The van der Waals surface area contributed by atoms with Crippen LogP contribution in [0.4, 0.5) is 0 Å². The number of rotatable bonds is 5. The highest BCUT2D eigenvalue weighted by Gasteiger charge is 2.20. The average molecular weight is 289 g/mol. The summed E-state index contributed by atoms with van der Waals surface area (Å²) < 4.78 is 1.64. The molecule has 112 valence electrons. The largest absolute Gasteiger partial charge is 0.388 e. The second kappa shape index (κ2) is 6.51. The predicted octanol–water partition coefficient (Wildman–Crippen LogP) is 0.711. The summed E-state index contributed by atoms with van der Waals surface area (Å²) in [6.07, 6.45) is 0.986. The summed E-state index contributed by atoms with van der Waals surface area (Å²) in [5, 5.41) is 26.6. The maximum absolute atomic E-state index is 10.8. The van der Waals surface area contributed by atoms with Gasteiger partial charge in [-0.25, -0.2) is 4.68 Å². The van der Waals surface area contributed by atoms with Gasteiger partial charge in [0.2, 0.25) is 5.91 Å². The number of benzene rings is 1. The van der Waals surface area contributed by atoms with E-state index < -0.39 is 12.2 Å². The third-order valence-corrected chi connectivity index (χ3v) is 3.13. The van der Waals surface area contributed by atoms with Crippen molar-refractivity contribution in [2.24, 2.45) is 0 Å². The molecule has 1 heterocycles. The van der Waals surface area contributed by atoms with E-state index in [1.54, 1.807) is 10.9 Å². The Balaban J connectivity index is 2.10. The zero-order valence-electron chi connectivity index (χ0n) is 12.0. The molecule has 1 aromatic carbocycles. The van der Waals surface area contributed by atoms with Gasteiger partial charge in [0.05, 0.1) is 11.9 Å². The van der Waals surface area contributed by atoms with Crippen molar-refractivity contribution in [3.05, 3.63) is 47.8 Å². The van der Waals surface area contributed by atoms with Crippen molar-refractivity contribution in [3.8, 4) is 5.69 Å². The number of aliphatic hydroxyl groups excluding tert-OH is 2. The Kier molecular flexibility index (Phi) is 4.72. The van der Waals surface area contributed by atoms with Gasteiger partial charge in [-0.05, 0) is 24.6 Å². The summed E-state index contributed by atoms with van der Waals surface area (Å²) in [6.45, 7) is 3.33. The Morgan fingerprint density at radius 1 is 1.43 bits per heavy atom. The average Bonchev–Trinajstić information content (AvgIpc) is 2.93. The smallest absolute Gasteiger partial charge is 0.216 e. The van der Waals surface area contributed by atoms with Gasteiger partial charge in [0.1, 0.15) is 12.2 Å². The van der Waals surface area contributed by atoms with Gasteiger partial charge in [-0.3, -0.25) is 4.79 Å². The van der Waals surface area contributed by atoms with Gasteiger partial charge >= 0.3 is 0 Å². The van der Waals surface area contributed by atoms with Crippen molar-refractivity contribution in [3.63, 3.8) is 0 Å². The van der Waals surface area contributed by atoms with E-state index in [1.165, 1.54) is 13.1 Å². The number of carbonyl (C=O) groups is 1. The SMILES string of the molecule is CC(=O)NCC(O)C(O)c1cnn(-c2cccc(C)c2)c1. The lowest BCUT2D eigenvalue weighted by Crippen LogP contribution is -2.34. The van der Waals surface area contributed by atoms with Gasteiger partial charge in [-0.15, -0.1) is 0 Å². The van der Waals surface area contributed by atoms with Crippen molar-refractivity contribution in [2.45, 2.75) is 26.1 Å². The highest BCUT2D eigenvalue weighted by atomic mass is 16.3. The molecule has 0 radical (unpaired) electrons. The van der Waals surface area contributed by atoms with E-state index in [-0.39, 0.29) is 12.5 Å². The summed E-state index contributed by atoms with van der Waals surface area (Å²) in [6, 6.07) is 7.79. The van der Waals surface area contributed by atoms with Crippen LogP contribution in [-0.2, 0) is 4.79 Å². The van der Waals surface area contributed by atoms with Crippen LogP contribution in [0.3, 0.4) is 0 Å². The summed E-state index contributed by atoms with van der Waals surface area (Å²) in [5.74, 6) is -0.253. The molecule has 1 amide bonds. The lowest BCUT2D eigenvalue weighted by molar-refractivity contribution is -0.119. The molecule has 0 spiro atoms. The standard InChI is InChI=1S/C15H19N3O3/c1-10-4-3-5-13(6-10)18-9-12(7-17-18)15(21)14(20)8-16-11(2)19/h3-7,9,14-15,20-21H,8H2,1-2H3,(H,16,19). The number of amides is 1. The Bertz CT molecular complexity index is 624. The molecule has 0 aliphatic rings. The molecular weight excluding hydrogens is 270 g/mol. The first kappa shape index (κ1) is 15.2. The molecule has 3 N–H and O–H groups in total. The second-order valence-corrected chi connectivity index (χ2v) is 5.01. The summed E-state index contributed by atoms with van der Waals surface area (Å²) in [7, 11) is 0. The highest BCUT2D eigenvalue weighted by Crippen LogP contribution is 2.18. The molecule has 6 heteroatoms. The normalized spacial score (nSPS) is 13.7. The van der Waals surface area contributed by atoms with E-state index in [4.69, 9.17) is 0 Å². The number of nitrogens with zero attached hydrogens (tertiary/aromatic N) is 2. The van der Waals surface area contributed by atoms with Crippen LogP contribution in [0.15, 0.2) is 36.7 Å². The Hall–Kier alpha value is -2.18. The van der Waals surface area contributed by atoms with Gasteiger partial charge in [0, 0.05) is 25.2 Å². The number of hydrogen-bond acceptors (Lipinski definition) is 4. The van der Waals surface area contributed by atoms with E-state index >= 15 is 0 Å². The number of nitrogens with one attached hydrogen (secondary N) is 1. The lowest BCUT2D eigenvalue weighted by atomic mass is 10.1. The van der Waals surface area contributed by atoms with Gasteiger partial charge < -0.3 is 15.5 Å². The van der Waals surface area contributed by atoms with Crippen molar-refractivity contribution in [2.75, 3.05) is 6.54 Å². The molecule has 2 atom stereocenters. The fourth-order valence-electron chi connectivity index (χ4n) is 1.98. The monoisotopic (exact) mass is 289 g/mol. The lowest BCUT2D eigenvalue weighted by Gasteiger charge is -2.16. The molecule has 0 fully saturated rings. The van der Waals surface area contributed by atoms with Crippen LogP contribution < -0.4 is 5.32 Å². The molecule has 0 bridgehead atoms. The molecule has 21 heavy (non-hydrogen) atoms. The third-order valence-electron chi connectivity index (χ3n) is 3.13. The Morgan fingerprint density at radius 2 is 2.19 bits per heavy atom. The first-order valence-corrected chi connectivity index (χ1v) is 6.69. The maximum Gasteiger partial charge on any atom is 0.216 e. The molecule has 6 nitrogen and oxygen atoms in total. The summed E-state index contributed by atoms with van der Waals surface area (Å²) in [4.78, 5) is 10.8. The van der Waals surface area contributed by atoms with Crippen LogP contribution in [0.5, 0.6) is 0 Å². The molecule has 0 saturated heterocycles. The van der Waals surface area contributed by atoms with Gasteiger partial charge in [-0.1, -0.05) is 12.1 Å². The minimum absolute atomic E-state index is 0.00781. The zero-order chi connectivity index (χ0) is 15.4. The summed E-state index contributed by atoms with van der Waals surface area (Å²) >= 11 is 0. The summed E-state index contributed by atoms with van der Waals surface area (Å²) in [5.41, 5.74) is 2.48. The van der Waals surface area contributed by atoms with E-state index in [9.17, 15) is 15.0 Å². The number of aryl methyl sites for hydroxylation is 1. The van der Waals surface area contributed by atoms with E-state index in [1.807, 2.05) is 31.2 Å².